The summed E-state index contributed by atoms with van der Waals surface area (Å²) in [5.74, 6) is -1.49. The number of para-hydroxylation sites is 1. The van der Waals surface area contributed by atoms with Crippen molar-refractivity contribution in [2.24, 2.45) is 0 Å². The lowest BCUT2D eigenvalue weighted by molar-refractivity contribution is -0.162. The van der Waals surface area contributed by atoms with Crippen LogP contribution >= 0.6 is 0 Å². The van der Waals surface area contributed by atoms with Crippen LogP contribution in [0, 0.1) is 6.92 Å². The van der Waals surface area contributed by atoms with Crippen molar-refractivity contribution in [1.29, 1.82) is 0 Å². The molecule has 122 valence electrons. The SMILES string of the molecule is CCCCCCCCCOC(=O)C(=O)Oc1ccccc1C. The fraction of sp³-hybridized carbons (Fsp3) is 0.556. The molecule has 0 aliphatic carbocycles. The van der Waals surface area contributed by atoms with Gasteiger partial charge in [0.25, 0.3) is 0 Å². The van der Waals surface area contributed by atoms with Crippen LogP contribution in [0.25, 0.3) is 0 Å². The van der Waals surface area contributed by atoms with E-state index in [1.807, 2.05) is 19.1 Å². The van der Waals surface area contributed by atoms with Gasteiger partial charge in [-0.3, -0.25) is 0 Å². The molecule has 0 saturated heterocycles. The van der Waals surface area contributed by atoms with Gasteiger partial charge in [0.1, 0.15) is 5.75 Å². The van der Waals surface area contributed by atoms with Crippen LogP contribution in [0.4, 0.5) is 0 Å². The summed E-state index contributed by atoms with van der Waals surface area (Å²) in [5, 5.41) is 0. The third-order valence-corrected chi connectivity index (χ3v) is 3.44. The van der Waals surface area contributed by atoms with Gasteiger partial charge in [-0.1, -0.05) is 63.6 Å². The standard InChI is InChI=1S/C18H26O4/c1-3-4-5-6-7-8-11-14-21-17(19)18(20)22-16-13-10-9-12-15(16)2/h9-10,12-13H,3-8,11,14H2,1-2H3. The quantitative estimate of drug-likeness (QED) is 0.297. The molecule has 0 aliphatic heterocycles. The van der Waals surface area contributed by atoms with Gasteiger partial charge in [0, 0.05) is 0 Å². The Kier molecular flexibility index (Phi) is 8.96. The van der Waals surface area contributed by atoms with Crippen molar-refractivity contribution in [1.82, 2.24) is 0 Å². The van der Waals surface area contributed by atoms with Crippen LogP contribution in [-0.2, 0) is 14.3 Å². The summed E-state index contributed by atoms with van der Waals surface area (Å²) < 4.78 is 9.95. The van der Waals surface area contributed by atoms with Gasteiger partial charge in [-0.05, 0) is 25.0 Å². The summed E-state index contributed by atoms with van der Waals surface area (Å²) in [6.45, 7) is 4.28. The summed E-state index contributed by atoms with van der Waals surface area (Å²) in [7, 11) is 0. The van der Waals surface area contributed by atoms with Crippen LogP contribution in [0.5, 0.6) is 5.75 Å². The van der Waals surface area contributed by atoms with Crippen molar-refractivity contribution in [2.75, 3.05) is 6.61 Å². The summed E-state index contributed by atoms with van der Waals surface area (Å²) in [6.07, 6.45) is 7.95. The molecule has 0 radical (unpaired) electrons. The first-order chi connectivity index (χ1) is 10.6. The number of aryl methyl sites for hydroxylation is 1. The van der Waals surface area contributed by atoms with Crippen molar-refractivity contribution in [3.63, 3.8) is 0 Å². The van der Waals surface area contributed by atoms with Gasteiger partial charge in [0.15, 0.2) is 0 Å². The third-order valence-electron chi connectivity index (χ3n) is 3.44. The summed E-state index contributed by atoms with van der Waals surface area (Å²) >= 11 is 0. The highest BCUT2D eigenvalue weighted by Crippen LogP contribution is 2.16. The summed E-state index contributed by atoms with van der Waals surface area (Å²) in [6, 6.07) is 7.05. The Balaban J connectivity index is 2.14. The molecule has 0 aromatic heterocycles. The van der Waals surface area contributed by atoms with Gasteiger partial charge in [0.2, 0.25) is 0 Å². The molecular weight excluding hydrogens is 280 g/mol. The van der Waals surface area contributed by atoms with Gasteiger partial charge in [-0.15, -0.1) is 0 Å². The number of hydrogen-bond acceptors (Lipinski definition) is 4. The molecule has 22 heavy (non-hydrogen) atoms. The van der Waals surface area contributed by atoms with Gasteiger partial charge in [-0.25, -0.2) is 9.59 Å². The molecule has 0 atom stereocenters. The third kappa shape index (κ3) is 7.25. The van der Waals surface area contributed by atoms with Crippen LogP contribution in [-0.4, -0.2) is 18.5 Å². The van der Waals surface area contributed by atoms with E-state index in [1.54, 1.807) is 12.1 Å². The van der Waals surface area contributed by atoms with Gasteiger partial charge in [0.05, 0.1) is 6.61 Å². The Morgan fingerprint density at radius 1 is 0.909 bits per heavy atom. The highest BCUT2D eigenvalue weighted by molar-refractivity contribution is 6.30. The molecule has 1 aromatic carbocycles. The van der Waals surface area contributed by atoms with E-state index in [0.717, 1.165) is 24.8 Å². The molecule has 0 aliphatic rings. The van der Waals surface area contributed by atoms with Crippen molar-refractivity contribution in [3.05, 3.63) is 29.8 Å². The molecule has 0 heterocycles. The van der Waals surface area contributed by atoms with Crippen molar-refractivity contribution >= 4 is 11.9 Å². The predicted molar refractivity (Wildman–Crippen MR) is 85.8 cm³/mol. The second-order valence-electron chi connectivity index (χ2n) is 5.41. The fourth-order valence-electron chi connectivity index (χ4n) is 2.10. The minimum Gasteiger partial charge on any atom is -0.457 e. The minimum absolute atomic E-state index is 0.273. The maximum absolute atomic E-state index is 11.6. The molecule has 0 fully saturated rings. The number of hydrogen-bond donors (Lipinski definition) is 0. The first-order valence-corrected chi connectivity index (χ1v) is 8.09. The molecule has 1 rings (SSSR count). The van der Waals surface area contributed by atoms with E-state index in [9.17, 15) is 9.59 Å². The lowest BCUT2D eigenvalue weighted by Crippen LogP contribution is -2.23. The maximum atomic E-state index is 11.6. The molecule has 0 bridgehead atoms. The molecule has 4 heteroatoms. The Bertz CT molecular complexity index is 468. The van der Waals surface area contributed by atoms with E-state index in [2.05, 4.69) is 6.92 Å². The lowest BCUT2D eigenvalue weighted by Gasteiger charge is -2.07. The average Bonchev–Trinajstić information content (AvgIpc) is 2.52. The molecule has 4 nitrogen and oxygen atoms in total. The smallest absolute Gasteiger partial charge is 0.422 e. The van der Waals surface area contributed by atoms with Crippen molar-refractivity contribution < 1.29 is 19.1 Å². The molecule has 0 spiro atoms. The number of rotatable bonds is 9. The van der Waals surface area contributed by atoms with E-state index in [1.165, 1.54) is 25.7 Å². The number of esters is 2. The number of carbonyl (C=O) groups excluding carboxylic acids is 2. The van der Waals surface area contributed by atoms with Gasteiger partial charge < -0.3 is 9.47 Å². The fourth-order valence-corrected chi connectivity index (χ4v) is 2.10. The number of benzene rings is 1. The summed E-state index contributed by atoms with van der Waals surface area (Å²) in [5.41, 5.74) is 0.802. The second kappa shape index (κ2) is 10.8. The van der Waals surface area contributed by atoms with Crippen LogP contribution in [0.15, 0.2) is 24.3 Å². The van der Waals surface area contributed by atoms with Crippen molar-refractivity contribution in [3.8, 4) is 5.75 Å². The largest absolute Gasteiger partial charge is 0.457 e. The molecule has 0 unspecified atom stereocenters. The van der Waals surface area contributed by atoms with Crippen LogP contribution in [0.3, 0.4) is 0 Å². The minimum atomic E-state index is -0.961. The zero-order chi connectivity index (χ0) is 16.2. The molecule has 0 amide bonds. The van der Waals surface area contributed by atoms with Crippen LogP contribution < -0.4 is 4.74 Å². The number of unbranched alkanes of at least 4 members (excludes halogenated alkanes) is 6. The molecule has 0 N–H and O–H groups in total. The number of carbonyl (C=O) groups is 2. The Morgan fingerprint density at radius 3 is 2.23 bits per heavy atom. The Labute approximate surface area is 132 Å². The normalized spacial score (nSPS) is 10.3. The van der Waals surface area contributed by atoms with Crippen molar-refractivity contribution in [2.45, 2.75) is 58.8 Å². The first kappa shape index (κ1) is 18.2. The zero-order valence-corrected chi connectivity index (χ0v) is 13.6. The Hall–Kier alpha value is -1.84. The number of ether oxygens (including phenoxy) is 2. The van der Waals surface area contributed by atoms with Crippen LogP contribution in [0.1, 0.15) is 57.4 Å². The van der Waals surface area contributed by atoms with Crippen LogP contribution in [0.2, 0.25) is 0 Å². The monoisotopic (exact) mass is 306 g/mol. The average molecular weight is 306 g/mol. The summed E-state index contributed by atoms with van der Waals surface area (Å²) in [4.78, 5) is 23.1. The van der Waals surface area contributed by atoms with E-state index < -0.39 is 11.9 Å². The molecular formula is C18H26O4. The maximum Gasteiger partial charge on any atom is 0.422 e. The van der Waals surface area contributed by atoms with Gasteiger partial charge >= 0.3 is 11.9 Å². The van der Waals surface area contributed by atoms with E-state index in [0.29, 0.717) is 5.75 Å². The highest BCUT2D eigenvalue weighted by atomic mass is 16.6. The van der Waals surface area contributed by atoms with E-state index >= 15 is 0 Å². The topological polar surface area (TPSA) is 52.6 Å². The highest BCUT2D eigenvalue weighted by Gasteiger charge is 2.18. The van der Waals surface area contributed by atoms with Gasteiger partial charge in [-0.2, -0.15) is 0 Å². The molecule has 1 aromatic rings. The lowest BCUT2D eigenvalue weighted by atomic mass is 10.1. The Morgan fingerprint density at radius 2 is 1.55 bits per heavy atom. The first-order valence-electron chi connectivity index (χ1n) is 8.09. The van der Waals surface area contributed by atoms with E-state index in [-0.39, 0.29) is 6.61 Å². The second-order valence-corrected chi connectivity index (χ2v) is 5.41. The molecule has 0 saturated carbocycles. The van der Waals surface area contributed by atoms with E-state index in [4.69, 9.17) is 9.47 Å². The zero-order valence-electron chi connectivity index (χ0n) is 13.6. The predicted octanol–water partition coefficient (Wildman–Crippen LogP) is 4.19.